The van der Waals surface area contributed by atoms with Crippen molar-refractivity contribution < 1.29 is 14.4 Å². The first-order valence-corrected chi connectivity index (χ1v) is 6.79. The SMILES string of the molecule is CSc1ccc(C2=NN(C)C(=O)C2(C)NO)cc1F. The number of halogens is 1. The maximum absolute atomic E-state index is 13.8. The predicted octanol–water partition coefficient (Wildman–Crippen LogP) is 1.46. The molecule has 2 rings (SSSR count). The van der Waals surface area contributed by atoms with E-state index in [0.717, 1.165) is 5.01 Å². The van der Waals surface area contributed by atoms with Crippen LogP contribution in [-0.2, 0) is 4.79 Å². The second kappa shape index (κ2) is 4.92. The second-order valence-electron chi connectivity index (χ2n) is 4.36. The van der Waals surface area contributed by atoms with Crippen LogP contribution < -0.4 is 5.48 Å². The Labute approximate surface area is 114 Å². The lowest BCUT2D eigenvalue weighted by molar-refractivity contribution is -0.134. The van der Waals surface area contributed by atoms with Crippen LogP contribution in [0.15, 0.2) is 28.2 Å². The van der Waals surface area contributed by atoms with Gasteiger partial charge in [0.15, 0.2) is 5.54 Å². The third-order valence-electron chi connectivity index (χ3n) is 3.09. The summed E-state index contributed by atoms with van der Waals surface area (Å²) in [4.78, 5) is 12.5. The van der Waals surface area contributed by atoms with E-state index >= 15 is 0 Å². The van der Waals surface area contributed by atoms with Crippen LogP contribution in [0.25, 0.3) is 0 Å². The Morgan fingerprint density at radius 2 is 2.21 bits per heavy atom. The molecule has 1 aliphatic rings. The number of thioether (sulfide) groups is 1. The number of likely N-dealkylation sites (N-methyl/N-ethyl adjacent to an activating group) is 1. The molecule has 102 valence electrons. The summed E-state index contributed by atoms with van der Waals surface area (Å²) in [5, 5.41) is 14.4. The van der Waals surface area contributed by atoms with E-state index in [4.69, 9.17) is 0 Å². The van der Waals surface area contributed by atoms with Gasteiger partial charge in [0.05, 0.1) is 0 Å². The minimum atomic E-state index is -1.36. The normalized spacial score (nSPS) is 22.9. The Kier molecular flexibility index (Phi) is 3.62. The quantitative estimate of drug-likeness (QED) is 0.651. The molecule has 0 saturated heterocycles. The van der Waals surface area contributed by atoms with E-state index in [1.807, 2.05) is 5.48 Å². The molecule has 1 heterocycles. The first-order chi connectivity index (χ1) is 8.93. The van der Waals surface area contributed by atoms with Crippen molar-refractivity contribution in [3.05, 3.63) is 29.6 Å². The fourth-order valence-corrected chi connectivity index (χ4v) is 2.44. The number of rotatable bonds is 3. The average molecular weight is 283 g/mol. The summed E-state index contributed by atoms with van der Waals surface area (Å²) < 4.78 is 13.8. The molecule has 0 fully saturated rings. The smallest absolute Gasteiger partial charge is 0.270 e. The highest BCUT2D eigenvalue weighted by atomic mass is 32.2. The molecule has 1 aromatic carbocycles. The van der Waals surface area contributed by atoms with Gasteiger partial charge >= 0.3 is 0 Å². The average Bonchev–Trinajstić information content (AvgIpc) is 2.64. The molecule has 1 aliphatic heterocycles. The number of carbonyl (C=O) groups excluding carboxylic acids is 1. The van der Waals surface area contributed by atoms with Crippen molar-refractivity contribution in [3.63, 3.8) is 0 Å². The molecular weight excluding hydrogens is 269 g/mol. The molecule has 19 heavy (non-hydrogen) atoms. The Morgan fingerprint density at radius 3 is 2.74 bits per heavy atom. The number of nitrogens with one attached hydrogen (secondary N) is 1. The number of hydroxylamine groups is 1. The molecule has 2 N–H and O–H groups in total. The number of nitrogens with zero attached hydrogens (tertiary/aromatic N) is 2. The maximum atomic E-state index is 13.8. The molecule has 1 unspecified atom stereocenters. The summed E-state index contributed by atoms with van der Waals surface area (Å²) in [5.41, 5.74) is 1.35. The standard InChI is InChI=1S/C12H14FN3O2S/c1-12(15-18)10(14-16(2)11(12)17)7-4-5-9(19-3)8(13)6-7/h4-6,15,18H,1-3H3. The van der Waals surface area contributed by atoms with Gasteiger partial charge in [0.25, 0.3) is 5.91 Å². The third-order valence-corrected chi connectivity index (χ3v) is 3.87. The molecule has 0 radical (unpaired) electrons. The van der Waals surface area contributed by atoms with Crippen LogP contribution in [0.4, 0.5) is 4.39 Å². The molecule has 0 aliphatic carbocycles. The highest BCUT2D eigenvalue weighted by Gasteiger charge is 2.46. The van der Waals surface area contributed by atoms with Gasteiger partial charge in [-0.1, -0.05) is 6.07 Å². The summed E-state index contributed by atoms with van der Waals surface area (Å²) in [7, 11) is 1.48. The van der Waals surface area contributed by atoms with E-state index in [1.165, 1.54) is 31.8 Å². The maximum Gasteiger partial charge on any atom is 0.270 e. The van der Waals surface area contributed by atoms with Crippen LogP contribution in [-0.4, -0.2) is 40.7 Å². The fourth-order valence-electron chi connectivity index (χ4n) is 1.98. The first-order valence-electron chi connectivity index (χ1n) is 5.56. The van der Waals surface area contributed by atoms with Crippen molar-refractivity contribution in [2.24, 2.45) is 5.10 Å². The topological polar surface area (TPSA) is 64.9 Å². The number of hydrogen-bond donors (Lipinski definition) is 2. The fraction of sp³-hybridized carbons (Fsp3) is 0.333. The Hall–Kier alpha value is -1.44. The molecule has 0 aromatic heterocycles. The summed E-state index contributed by atoms with van der Waals surface area (Å²) in [6, 6.07) is 4.61. The third kappa shape index (κ3) is 2.13. The molecule has 1 atom stereocenters. The zero-order valence-electron chi connectivity index (χ0n) is 10.8. The van der Waals surface area contributed by atoms with Crippen LogP contribution in [0, 0.1) is 5.82 Å². The zero-order valence-corrected chi connectivity index (χ0v) is 11.6. The van der Waals surface area contributed by atoms with Gasteiger partial charge in [-0.3, -0.25) is 4.79 Å². The van der Waals surface area contributed by atoms with E-state index in [9.17, 15) is 14.4 Å². The Bertz CT molecular complexity index is 564. The van der Waals surface area contributed by atoms with Crippen LogP contribution >= 0.6 is 11.8 Å². The van der Waals surface area contributed by atoms with Crippen LogP contribution in [0.5, 0.6) is 0 Å². The first kappa shape index (κ1) is 14.0. The van der Waals surface area contributed by atoms with Gasteiger partial charge in [-0.2, -0.15) is 10.6 Å². The van der Waals surface area contributed by atoms with Crippen LogP contribution in [0.3, 0.4) is 0 Å². The van der Waals surface area contributed by atoms with E-state index in [2.05, 4.69) is 5.10 Å². The van der Waals surface area contributed by atoms with Crippen molar-refractivity contribution in [3.8, 4) is 0 Å². The van der Waals surface area contributed by atoms with E-state index in [0.29, 0.717) is 10.5 Å². The molecule has 5 nitrogen and oxygen atoms in total. The summed E-state index contributed by atoms with van der Waals surface area (Å²) in [6.07, 6.45) is 1.78. The Morgan fingerprint density at radius 1 is 1.53 bits per heavy atom. The van der Waals surface area contributed by atoms with Crippen molar-refractivity contribution in [2.45, 2.75) is 17.4 Å². The molecule has 0 bridgehead atoms. The predicted molar refractivity (Wildman–Crippen MR) is 70.8 cm³/mol. The highest BCUT2D eigenvalue weighted by molar-refractivity contribution is 7.98. The van der Waals surface area contributed by atoms with E-state index in [1.54, 1.807) is 18.4 Å². The van der Waals surface area contributed by atoms with Crippen molar-refractivity contribution in [1.29, 1.82) is 0 Å². The van der Waals surface area contributed by atoms with Crippen molar-refractivity contribution in [1.82, 2.24) is 10.5 Å². The zero-order chi connectivity index (χ0) is 14.2. The lowest BCUT2D eigenvalue weighted by Crippen LogP contribution is -2.53. The van der Waals surface area contributed by atoms with Gasteiger partial charge in [0.1, 0.15) is 11.5 Å². The van der Waals surface area contributed by atoms with E-state index in [-0.39, 0.29) is 11.5 Å². The minimum Gasteiger partial charge on any atom is -0.315 e. The Balaban J connectivity index is 2.49. The van der Waals surface area contributed by atoms with Crippen LogP contribution in [0.2, 0.25) is 0 Å². The summed E-state index contributed by atoms with van der Waals surface area (Å²) in [6.45, 7) is 1.50. The molecule has 1 amide bonds. The van der Waals surface area contributed by atoms with Gasteiger partial charge < -0.3 is 5.21 Å². The number of amides is 1. The monoisotopic (exact) mass is 283 g/mol. The minimum absolute atomic E-state index is 0.286. The molecule has 0 spiro atoms. The molecule has 7 heteroatoms. The number of hydrogen-bond acceptors (Lipinski definition) is 5. The summed E-state index contributed by atoms with van der Waals surface area (Å²) in [5.74, 6) is -0.783. The van der Waals surface area contributed by atoms with Crippen molar-refractivity contribution >= 4 is 23.4 Å². The highest BCUT2D eigenvalue weighted by Crippen LogP contribution is 2.26. The van der Waals surface area contributed by atoms with Crippen LogP contribution in [0.1, 0.15) is 12.5 Å². The van der Waals surface area contributed by atoms with Gasteiger partial charge in [-0.15, -0.1) is 11.8 Å². The molecule has 0 saturated carbocycles. The van der Waals surface area contributed by atoms with Crippen molar-refractivity contribution in [2.75, 3.05) is 13.3 Å². The van der Waals surface area contributed by atoms with Gasteiger partial charge in [-0.25, -0.2) is 9.40 Å². The summed E-state index contributed by atoms with van der Waals surface area (Å²) >= 11 is 1.30. The number of benzene rings is 1. The second-order valence-corrected chi connectivity index (χ2v) is 5.21. The molecule has 1 aromatic rings. The largest absolute Gasteiger partial charge is 0.315 e. The molecular formula is C12H14FN3O2S. The van der Waals surface area contributed by atoms with Gasteiger partial charge in [0.2, 0.25) is 0 Å². The lowest BCUT2D eigenvalue weighted by atomic mass is 9.91. The number of carbonyl (C=O) groups is 1. The van der Waals surface area contributed by atoms with E-state index < -0.39 is 11.4 Å². The lowest BCUT2D eigenvalue weighted by Gasteiger charge is -2.21. The van der Waals surface area contributed by atoms with Gasteiger partial charge in [-0.05, 0) is 25.3 Å². The number of hydrazone groups is 1. The van der Waals surface area contributed by atoms with Gasteiger partial charge in [0, 0.05) is 17.5 Å².